The van der Waals surface area contributed by atoms with Gasteiger partial charge in [0.1, 0.15) is 0 Å². The van der Waals surface area contributed by atoms with Crippen molar-refractivity contribution in [3.05, 3.63) is 15.6 Å². The fourth-order valence-corrected chi connectivity index (χ4v) is 3.29. The summed E-state index contributed by atoms with van der Waals surface area (Å²) in [6, 6.07) is 0.354. The Morgan fingerprint density at radius 1 is 1.56 bits per heavy atom. The number of aryl methyl sites for hydroxylation is 2. The topological polar surface area (TPSA) is 37.4 Å². The maximum Gasteiger partial charge on any atom is 0.0900 e. The van der Waals surface area contributed by atoms with Crippen molar-refractivity contribution in [3.8, 4) is 0 Å². The molecular formula is C13H23N3OS. The molecule has 0 radical (unpaired) electrons. The lowest BCUT2D eigenvalue weighted by molar-refractivity contribution is -0.0190. The van der Waals surface area contributed by atoms with Crippen LogP contribution in [0.5, 0.6) is 0 Å². The zero-order valence-corrected chi connectivity index (χ0v) is 12.5. The van der Waals surface area contributed by atoms with E-state index in [4.69, 9.17) is 4.74 Å². The van der Waals surface area contributed by atoms with Crippen LogP contribution in [0, 0.1) is 13.8 Å². The van der Waals surface area contributed by atoms with Crippen molar-refractivity contribution >= 4 is 11.3 Å². The minimum atomic E-state index is 0.306. The Hall–Kier alpha value is -0.490. The number of likely N-dealkylation sites (N-methyl/N-ethyl adjacent to an activating group) is 1. The van der Waals surface area contributed by atoms with Crippen LogP contribution in [0.1, 0.15) is 28.5 Å². The van der Waals surface area contributed by atoms with Crippen LogP contribution in [0.4, 0.5) is 0 Å². The Morgan fingerprint density at radius 2 is 2.33 bits per heavy atom. The smallest absolute Gasteiger partial charge is 0.0900 e. The Morgan fingerprint density at radius 3 is 2.94 bits per heavy atom. The van der Waals surface area contributed by atoms with E-state index in [0.29, 0.717) is 12.1 Å². The second-order valence-electron chi connectivity index (χ2n) is 5.07. The molecule has 1 aliphatic heterocycles. The van der Waals surface area contributed by atoms with Crippen LogP contribution in [0.2, 0.25) is 0 Å². The Kier molecular flexibility index (Phi) is 4.72. The van der Waals surface area contributed by atoms with Gasteiger partial charge in [-0.3, -0.25) is 0 Å². The molecule has 0 saturated carbocycles. The van der Waals surface area contributed by atoms with Crippen LogP contribution < -0.4 is 5.32 Å². The first kappa shape index (κ1) is 13.9. The molecule has 0 aliphatic carbocycles. The minimum absolute atomic E-state index is 0.306. The first-order valence-electron chi connectivity index (χ1n) is 6.53. The Balaban J connectivity index is 1.84. The molecule has 2 atom stereocenters. The van der Waals surface area contributed by atoms with E-state index in [2.05, 4.69) is 43.0 Å². The number of hydrogen-bond acceptors (Lipinski definition) is 5. The summed E-state index contributed by atoms with van der Waals surface area (Å²) in [6.07, 6.45) is 0.306. The SMILES string of the molecule is Cc1nc(C)c(C(C)NCC2CN(C)CCO2)s1. The third-order valence-electron chi connectivity index (χ3n) is 3.33. The van der Waals surface area contributed by atoms with Gasteiger partial charge in [0.05, 0.1) is 23.4 Å². The maximum absolute atomic E-state index is 5.75. The van der Waals surface area contributed by atoms with Crippen molar-refractivity contribution in [1.29, 1.82) is 0 Å². The van der Waals surface area contributed by atoms with Gasteiger partial charge < -0.3 is 15.0 Å². The van der Waals surface area contributed by atoms with Gasteiger partial charge in [-0.15, -0.1) is 11.3 Å². The molecular weight excluding hydrogens is 246 g/mol. The summed E-state index contributed by atoms with van der Waals surface area (Å²) in [5.74, 6) is 0. The number of thiazole rings is 1. The molecule has 0 amide bonds. The molecule has 2 unspecified atom stereocenters. The van der Waals surface area contributed by atoms with Gasteiger partial charge in [-0.2, -0.15) is 0 Å². The van der Waals surface area contributed by atoms with Crippen LogP contribution in [-0.2, 0) is 4.74 Å². The van der Waals surface area contributed by atoms with Crippen molar-refractivity contribution in [2.24, 2.45) is 0 Å². The van der Waals surface area contributed by atoms with Gasteiger partial charge in [-0.05, 0) is 27.8 Å². The van der Waals surface area contributed by atoms with Crippen LogP contribution in [0.25, 0.3) is 0 Å². The molecule has 5 heteroatoms. The number of nitrogens with zero attached hydrogens (tertiary/aromatic N) is 2. The van der Waals surface area contributed by atoms with E-state index < -0.39 is 0 Å². The number of nitrogens with one attached hydrogen (secondary N) is 1. The van der Waals surface area contributed by atoms with Gasteiger partial charge >= 0.3 is 0 Å². The number of aromatic nitrogens is 1. The van der Waals surface area contributed by atoms with E-state index in [1.807, 2.05) is 0 Å². The molecule has 0 aromatic carbocycles. The molecule has 102 valence electrons. The average Bonchev–Trinajstić information content (AvgIpc) is 2.66. The number of ether oxygens (including phenoxy) is 1. The molecule has 18 heavy (non-hydrogen) atoms. The molecule has 0 bridgehead atoms. The summed E-state index contributed by atoms with van der Waals surface area (Å²) in [6.45, 7) is 10.2. The van der Waals surface area contributed by atoms with Crippen molar-refractivity contribution in [2.45, 2.75) is 32.9 Å². The molecule has 1 aromatic heterocycles. The molecule has 2 rings (SSSR count). The predicted molar refractivity (Wildman–Crippen MR) is 75.2 cm³/mol. The first-order chi connectivity index (χ1) is 8.56. The lowest BCUT2D eigenvalue weighted by atomic mass is 10.2. The highest BCUT2D eigenvalue weighted by Gasteiger charge is 2.19. The molecule has 4 nitrogen and oxygen atoms in total. The quantitative estimate of drug-likeness (QED) is 0.903. The largest absolute Gasteiger partial charge is 0.374 e. The highest BCUT2D eigenvalue weighted by Crippen LogP contribution is 2.24. The zero-order chi connectivity index (χ0) is 13.1. The van der Waals surface area contributed by atoms with Crippen molar-refractivity contribution in [1.82, 2.24) is 15.2 Å². The van der Waals surface area contributed by atoms with Crippen LogP contribution >= 0.6 is 11.3 Å². The van der Waals surface area contributed by atoms with E-state index in [1.165, 1.54) is 4.88 Å². The summed E-state index contributed by atoms with van der Waals surface area (Å²) in [7, 11) is 2.15. The summed E-state index contributed by atoms with van der Waals surface area (Å²) in [4.78, 5) is 8.14. The van der Waals surface area contributed by atoms with E-state index in [-0.39, 0.29) is 0 Å². The summed E-state index contributed by atoms with van der Waals surface area (Å²) < 4.78 is 5.75. The molecule has 1 saturated heterocycles. The predicted octanol–water partition coefficient (Wildman–Crippen LogP) is 1.74. The second-order valence-corrected chi connectivity index (χ2v) is 6.30. The first-order valence-corrected chi connectivity index (χ1v) is 7.35. The van der Waals surface area contributed by atoms with Crippen molar-refractivity contribution in [2.75, 3.05) is 33.3 Å². The highest BCUT2D eigenvalue weighted by molar-refractivity contribution is 7.11. The lowest BCUT2D eigenvalue weighted by Crippen LogP contribution is -2.45. The van der Waals surface area contributed by atoms with Gasteiger partial charge in [-0.1, -0.05) is 0 Å². The third kappa shape index (κ3) is 3.51. The van der Waals surface area contributed by atoms with E-state index in [1.54, 1.807) is 11.3 Å². The van der Waals surface area contributed by atoms with E-state index in [9.17, 15) is 0 Å². The van der Waals surface area contributed by atoms with Crippen LogP contribution in [-0.4, -0.2) is 49.3 Å². The molecule has 1 N–H and O–H groups in total. The number of rotatable bonds is 4. The minimum Gasteiger partial charge on any atom is -0.374 e. The zero-order valence-electron chi connectivity index (χ0n) is 11.7. The standard InChI is InChI=1S/C13H23N3OS/c1-9(13-10(2)15-11(3)18-13)14-7-12-8-16(4)5-6-17-12/h9,12,14H,5-8H2,1-4H3. The Bertz CT molecular complexity index is 394. The lowest BCUT2D eigenvalue weighted by Gasteiger charge is -2.30. The molecule has 1 aromatic rings. The highest BCUT2D eigenvalue weighted by atomic mass is 32.1. The fraction of sp³-hybridized carbons (Fsp3) is 0.769. The second kappa shape index (κ2) is 6.10. The van der Waals surface area contributed by atoms with Gasteiger partial charge in [0.15, 0.2) is 0 Å². The van der Waals surface area contributed by atoms with Crippen LogP contribution in [0.3, 0.4) is 0 Å². The summed E-state index contributed by atoms with van der Waals surface area (Å²) in [5.41, 5.74) is 1.15. The van der Waals surface area contributed by atoms with Crippen molar-refractivity contribution in [3.63, 3.8) is 0 Å². The van der Waals surface area contributed by atoms with Gasteiger partial charge in [-0.25, -0.2) is 4.98 Å². The molecule has 2 heterocycles. The number of hydrogen-bond donors (Lipinski definition) is 1. The third-order valence-corrected chi connectivity index (χ3v) is 4.58. The molecule has 1 fully saturated rings. The maximum atomic E-state index is 5.75. The van der Waals surface area contributed by atoms with E-state index in [0.717, 1.165) is 36.9 Å². The molecule has 1 aliphatic rings. The van der Waals surface area contributed by atoms with Gasteiger partial charge in [0, 0.05) is 30.6 Å². The van der Waals surface area contributed by atoms with Gasteiger partial charge in [0.2, 0.25) is 0 Å². The number of morpholine rings is 1. The average molecular weight is 269 g/mol. The fourth-order valence-electron chi connectivity index (χ4n) is 2.34. The summed E-state index contributed by atoms with van der Waals surface area (Å²) >= 11 is 1.78. The molecule has 0 spiro atoms. The van der Waals surface area contributed by atoms with Crippen LogP contribution in [0.15, 0.2) is 0 Å². The normalized spacial score (nSPS) is 23.2. The Labute approximate surface area is 113 Å². The van der Waals surface area contributed by atoms with Crippen molar-refractivity contribution < 1.29 is 4.74 Å². The van der Waals surface area contributed by atoms with E-state index >= 15 is 0 Å². The van der Waals surface area contributed by atoms with Gasteiger partial charge in [0.25, 0.3) is 0 Å². The summed E-state index contributed by atoms with van der Waals surface area (Å²) in [5, 5.41) is 4.71. The monoisotopic (exact) mass is 269 g/mol.